The fraction of sp³-hybridized carbons (Fsp3) is 0.269. The van der Waals surface area contributed by atoms with Crippen molar-refractivity contribution in [1.82, 2.24) is 0 Å². The third-order valence-electron chi connectivity index (χ3n) is 5.43. The predicted molar refractivity (Wildman–Crippen MR) is 132 cm³/mol. The average Bonchev–Trinajstić information content (AvgIpc) is 2.82. The number of rotatable bonds is 10. The summed E-state index contributed by atoms with van der Waals surface area (Å²) in [4.78, 5) is 13.2. The highest BCUT2D eigenvalue weighted by molar-refractivity contribution is 6.31. The smallest absolute Gasteiger partial charge is 0.307 e. The minimum absolute atomic E-state index is 0.0273. The van der Waals surface area contributed by atoms with Crippen LogP contribution in [0.1, 0.15) is 30.0 Å². The van der Waals surface area contributed by atoms with Crippen molar-refractivity contribution in [1.29, 1.82) is 0 Å². The Bertz CT molecular complexity index is 924. The maximum Gasteiger partial charge on any atom is 0.307 e. The van der Waals surface area contributed by atoms with E-state index in [1.165, 1.54) is 0 Å². The molecule has 0 radical (unpaired) electrons. The molecule has 0 fully saturated rings. The van der Waals surface area contributed by atoms with Gasteiger partial charge in [-0.2, -0.15) is 0 Å². The van der Waals surface area contributed by atoms with E-state index in [2.05, 4.69) is 0 Å². The third-order valence-corrected chi connectivity index (χ3v) is 6.19. The van der Waals surface area contributed by atoms with Crippen molar-refractivity contribution in [2.45, 2.75) is 24.9 Å². The Morgan fingerprint density at radius 1 is 0.818 bits per heavy atom. The molecule has 4 nitrogen and oxygen atoms in total. The van der Waals surface area contributed by atoms with E-state index in [1.807, 2.05) is 43.3 Å². The molecule has 174 valence electrons. The van der Waals surface area contributed by atoms with Crippen LogP contribution in [-0.2, 0) is 19.7 Å². The van der Waals surface area contributed by atoms with Crippen molar-refractivity contribution in [3.63, 3.8) is 0 Å². The van der Waals surface area contributed by atoms with E-state index < -0.39 is 17.5 Å². The second-order valence-electron chi connectivity index (χ2n) is 7.56. The molecule has 0 aliphatic heterocycles. The number of hydrogen-bond acceptors (Lipinski definition) is 4. The molecule has 1 unspecified atom stereocenters. The van der Waals surface area contributed by atoms with Crippen molar-refractivity contribution >= 4 is 40.8 Å². The highest BCUT2D eigenvalue weighted by atomic mass is 35.5. The molecule has 1 atom stereocenters. The molecule has 0 spiro atoms. The van der Waals surface area contributed by atoms with Gasteiger partial charge in [-0.3, -0.25) is 4.79 Å². The molecule has 0 amide bonds. The van der Waals surface area contributed by atoms with Crippen LogP contribution in [0.25, 0.3) is 0 Å². The normalized spacial score (nSPS) is 12.4. The van der Waals surface area contributed by atoms with Crippen LogP contribution >= 0.6 is 34.8 Å². The van der Waals surface area contributed by atoms with E-state index in [0.29, 0.717) is 21.7 Å². The second kappa shape index (κ2) is 11.9. The van der Waals surface area contributed by atoms with Crippen LogP contribution in [0, 0.1) is 0 Å². The van der Waals surface area contributed by atoms with Gasteiger partial charge in [0.05, 0.1) is 25.0 Å². The van der Waals surface area contributed by atoms with Gasteiger partial charge in [0, 0.05) is 21.7 Å². The van der Waals surface area contributed by atoms with Gasteiger partial charge in [0.2, 0.25) is 0 Å². The molecule has 0 saturated heterocycles. The summed E-state index contributed by atoms with van der Waals surface area (Å²) in [6, 6.07) is 22.1. The average molecular weight is 508 g/mol. The number of carbonyl (C=O) groups excluding carboxylic acids is 1. The molecule has 0 heterocycles. The van der Waals surface area contributed by atoms with E-state index in [0.717, 1.165) is 16.7 Å². The van der Waals surface area contributed by atoms with Crippen molar-refractivity contribution < 1.29 is 19.4 Å². The highest BCUT2D eigenvalue weighted by Crippen LogP contribution is 2.43. The second-order valence-corrected chi connectivity index (χ2v) is 8.87. The monoisotopic (exact) mass is 506 g/mol. The fourth-order valence-electron chi connectivity index (χ4n) is 3.83. The maximum absolute atomic E-state index is 13.2. The molecule has 0 aliphatic carbocycles. The lowest BCUT2D eigenvalue weighted by molar-refractivity contribution is -0.155. The van der Waals surface area contributed by atoms with Gasteiger partial charge < -0.3 is 14.6 Å². The van der Waals surface area contributed by atoms with Crippen LogP contribution < -0.4 is 0 Å². The van der Waals surface area contributed by atoms with Crippen molar-refractivity contribution in [2.24, 2.45) is 0 Å². The minimum atomic E-state index is -0.914. The summed E-state index contributed by atoms with van der Waals surface area (Å²) < 4.78 is 10.9. The summed E-state index contributed by atoms with van der Waals surface area (Å²) in [5, 5.41) is 11.4. The van der Waals surface area contributed by atoms with Gasteiger partial charge in [-0.1, -0.05) is 71.2 Å². The minimum Gasteiger partial charge on any atom is -0.457 e. The first-order valence-electron chi connectivity index (χ1n) is 10.5. The van der Waals surface area contributed by atoms with Gasteiger partial charge in [0.25, 0.3) is 0 Å². The summed E-state index contributed by atoms with van der Waals surface area (Å²) in [5.41, 5.74) is 1.62. The Kier molecular flexibility index (Phi) is 9.19. The quantitative estimate of drug-likeness (QED) is 0.258. The molecular weight excluding hydrogens is 483 g/mol. The first-order valence-corrected chi connectivity index (χ1v) is 11.7. The van der Waals surface area contributed by atoms with Crippen LogP contribution in [0.2, 0.25) is 15.1 Å². The topological polar surface area (TPSA) is 55.8 Å². The van der Waals surface area contributed by atoms with Crippen LogP contribution in [-0.4, -0.2) is 37.0 Å². The SMILES string of the molecule is CCOCC(CO)OC(=O)CC(c1ccc(Cl)cc1)(c1ccc(Cl)cc1)c1ccc(Cl)cc1. The largest absolute Gasteiger partial charge is 0.457 e. The van der Waals surface area contributed by atoms with Gasteiger partial charge in [0.15, 0.2) is 0 Å². The van der Waals surface area contributed by atoms with E-state index in [9.17, 15) is 9.90 Å². The Hall–Kier alpha value is -2.08. The van der Waals surface area contributed by atoms with Gasteiger partial charge >= 0.3 is 5.97 Å². The Labute approximate surface area is 209 Å². The number of esters is 1. The molecule has 0 aliphatic rings. The summed E-state index contributed by atoms with van der Waals surface area (Å²) in [5.74, 6) is -0.478. The summed E-state index contributed by atoms with van der Waals surface area (Å²) in [7, 11) is 0. The zero-order valence-corrected chi connectivity index (χ0v) is 20.4. The maximum atomic E-state index is 13.2. The first-order chi connectivity index (χ1) is 15.9. The molecule has 3 aromatic carbocycles. The Morgan fingerprint density at radius 2 is 1.21 bits per heavy atom. The zero-order chi connectivity index (χ0) is 23.8. The van der Waals surface area contributed by atoms with Gasteiger partial charge in [-0.25, -0.2) is 0 Å². The van der Waals surface area contributed by atoms with Crippen LogP contribution in [0.4, 0.5) is 0 Å². The Balaban J connectivity index is 2.14. The van der Waals surface area contributed by atoms with Crippen LogP contribution in [0.15, 0.2) is 72.8 Å². The first kappa shape index (κ1) is 25.5. The molecule has 3 aromatic rings. The lowest BCUT2D eigenvalue weighted by Crippen LogP contribution is -2.35. The van der Waals surface area contributed by atoms with E-state index in [4.69, 9.17) is 44.3 Å². The standard InChI is InChI=1S/C26H25Cl3O4/c1-2-32-17-24(16-30)33-25(31)15-26(18-3-9-21(27)10-4-18,19-5-11-22(28)12-6-19)20-7-13-23(29)14-8-20/h3-14,24,30H,2,15-17H2,1H3. The van der Waals surface area contributed by atoms with Crippen molar-refractivity contribution in [3.8, 4) is 0 Å². The van der Waals surface area contributed by atoms with Gasteiger partial charge in [-0.15, -0.1) is 0 Å². The molecule has 3 rings (SSSR count). The van der Waals surface area contributed by atoms with Crippen LogP contribution in [0.3, 0.4) is 0 Å². The lowest BCUT2D eigenvalue weighted by Gasteiger charge is -2.35. The molecule has 33 heavy (non-hydrogen) atoms. The number of hydrogen-bond donors (Lipinski definition) is 1. The molecule has 7 heteroatoms. The number of benzene rings is 3. The number of ether oxygens (including phenoxy) is 2. The molecule has 0 bridgehead atoms. The molecular formula is C26H25Cl3O4. The third kappa shape index (κ3) is 6.28. The van der Waals surface area contributed by atoms with Gasteiger partial charge in [-0.05, 0) is 60.0 Å². The highest BCUT2D eigenvalue weighted by Gasteiger charge is 2.39. The van der Waals surface area contributed by atoms with E-state index in [-0.39, 0.29) is 19.6 Å². The molecule has 1 N–H and O–H groups in total. The van der Waals surface area contributed by atoms with Gasteiger partial charge in [0.1, 0.15) is 6.10 Å². The van der Waals surface area contributed by atoms with E-state index >= 15 is 0 Å². The lowest BCUT2D eigenvalue weighted by atomic mass is 9.67. The number of carbonyl (C=O) groups is 1. The summed E-state index contributed by atoms with van der Waals surface area (Å²) >= 11 is 18.5. The predicted octanol–water partition coefficient (Wildman–Crippen LogP) is 6.31. The number of aliphatic hydroxyl groups is 1. The van der Waals surface area contributed by atoms with E-state index in [1.54, 1.807) is 36.4 Å². The molecule has 0 saturated carbocycles. The number of halogens is 3. The van der Waals surface area contributed by atoms with Crippen LogP contribution in [0.5, 0.6) is 0 Å². The number of aliphatic hydroxyl groups excluding tert-OH is 1. The molecule has 0 aromatic heterocycles. The summed E-state index contributed by atoms with van der Waals surface area (Å²) in [6.07, 6.45) is -0.781. The Morgan fingerprint density at radius 3 is 1.55 bits per heavy atom. The fourth-order valence-corrected chi connectivity index (χ4v) is 4.20. The van der Waals surface area contributed by atoms with Crippen molar-refractivity contribution in [2.75, 3.05) is 19.8 Å². The summed E-state index contributed by atoms with van der Waals surface area (Å²) in [6.45, 7) is 2.08. The van der Waals surface area contributed by atoms with Crippen molar-refractivity contribution in [3.05, 3.63) is 105 Å². The zero-order valence-electron chi connectivity index (χ0n) is 18.1.